The summed E-state index contributed by atoms with van der Waals surface area (Å²) in [6.07, 6.45) is 0.403. The van der Waals surface area contributed by atoms with Crippen LogP contribution in [0.3, 0.4) is 0 Å². The first-order chi connectivity index (χ1) is 13.2. The molecule has 0 aliphatic carbocycles. The standard InChI is InChI=1S/C23H29N3OS.ClH/c1-15-7-8-20-21(13-15)28-23(24-20)26(10-9-25(5)6)22(27)14-19-17(3)11-16(2)12-18(19)4;/h7-8,11-13H,9-10,14H2,1-6H3;1H. The molecule has 1 amide bonds. The van der Waals surface area contributed by atoms with E-state index in [1.807, 2.05) is 25.1 Å². The van der Waals surface area contributed by atoms with Crippen molar-refractivity contribution in [3.8, 4) is 0 Å². The van der Waals surface area contributed by atoms with Crippen LogP contribution < -0.4 is 4.90 Å². The highest BCUT2D eigenvalue weighted by atomic mass is 35.5. The van der Waals surface area contributed by atoms with Gasteiger partial charge in [-0.1, -0.05) is 35.1 Å². The highest BCUT2D eigenvalue weighted by Crippen LogP contribution is 2.30. The summed E-state index contributed by atoms with van der Waals surface area (Å²) in [5.74, 6) is 0.104. The van der Waals surface area contributed by atoms with Gasteiger partial charge in [0.1, 0.15) is 0 Å². The molecule has 156 valence electrons. The number of rotatable bonds is 6. The number of hydrogen-bond acceptors (Lipinski definition) is 4. The Balaban J connectivity index is 0.00000300. The average Bonchev–Trinajstić information content (AvgIpc) is 3.00. The minimum absolute atomic E-state index is 0. The van der Waals surface area contributed by atoms with E-state index in [9.17, 15) is 4.79 Å². The molecule has 0 bridgehead atoms. The van der Waals surface area contributed by atoms with Crippen LogP contribution in [0.25, 0.3) is 10.2 Å². The number of aromatic nitrogens is 1. The number of carbonyl (C=O) groups excluding carboxylic acids is 1. The second-order valence-electron chi connectivity index (χ2n) is 7.87. The summed E-state index contributed by atoms with van der Waals surface area (Å²) in [5, 5.41) is 0.787. The van der Waals surface area contributed by atoms with Gasteiger partial charge in [-0.3, -0.25) is 9.69 Å². The van der Waals surface area contributed by atoms with E-state index in [-0.39, 0.29) is 18.3 Å². The molecular weight excluding hydrogens is 402 g/mol. The van der Waals surface area contributed by atoms with E-state index in [1.54, 1.807) is 11.3 Å². The van der Waals surface area contributed by atoms with Crippen LogP contribution in [0.1, 0.15) is 27.8 Å². The molecule has 0 aliphatic rings. The Bertz CT molecular complexity index is 990. The van der Waals surface area contributed by atoms with E-state index >= 15 is 0 Å². The first-order valence-electron chi connectivity index (χ1n) is 9.63. The van der Waals surface area contributed by atoms with Gasteiger partial charge in [0.2, 0.25) is 5.91 Å². The van der Waals surface area contributed by atoms with E-state index in [0.29, 0.717) is 13.0 Å². The second kappa shape index (κ2) is 9.70. The third-order valence-electron chi connectivity index (χ3n) is 5.00. The van der Waals surface area contributed by atoms with Crippen molar-refractivity contribution >= 4 is 45.0 Å². The van der Waals surface area contributed by atoms with Gasteiger partial charge in [0, 0.05) is 13.1 Å². The first kappa shape index (κ1) is 23.3. The monoisotopic (exact) mass is 431 g/mol. The minimum atomic E-state index is 0. The molecule has 0 fully saturated rings. The van der Waals surface area contributed by atoms with Crippen LogP contribution >= 0.6 is 23.7 Å². The van der Waals surface area contributed by atoms with Crippen molar-refractivity contribution in [1.29, 1.82) is 0 Å². The van der Waals surface area contributed by atoms with E-state index in [2.05, 4.69) is 56.9 Å². The Morgan fingerprint density at radius 2 is 1.62 bits per heavy atom. The van der Waals surface area contributed by atoms with Gasteiger partial charge in [-0.2, -0.15) is 0 Å². The maximum absolute atomic E-state index is 13.3. The number of aryl methyl sites for hydroxylation is 4. The van der Waals surface area contributed by atoms with Crippen LogP contribution in [0.2, 0.25) is 0 Å². The summed E-state index contributed by atoms with van der Waals surface area (Å²) >= 11 is 1.60. The van der Waals surface area contributed by atoms with E-state index < -0.39 is 0 Å². The molecule has 0 unspecified atom stereocenters. The number of halogens is 1. The molecule has 0 atom stereocenters. The molecule has 2 aromatic carbocycles. The lowest BCUT2D eigenvalue weighted by Crippen LogP contribution is -2.37. The number of hydrogen-bond donors (Lipinski definition) is 0. The van der Waals surface area contributed by atoms with Gasteiger partial charge in [0.25, 0.3) is 0 Å². The molecule has 1 aromatic heterocycles. The Kier molecular flexibility index (Phi) is 7.80. The lowest BCUT2D eigenvalue weighted by molar-refractivity contribution is -0.118. The summed E-state index contributed by atoms with van der Waals surface area (Å²) in [5.41, 5.74) is 6.88. The third-order valence-corrected chi connectivity index (χ3v) is 6.04. The number of anilines is 1. The van der Waals surface area contributed by atoms with E-state index in [0.717, 1.165) is 27.5 Å². The maximum Gasteiger partial charge on any atom is 0.233 e. The number of fused-ring (bicyclic) bond motifs is 1. The van der Waals surface area contributed by atoms with Crippen molar-refractivity contribution in [3.63, 3.8) is 0 Å². The topological polar surface area (TPSA) is 36.4 Å². The fourth-order valence-electron chi connectivity index (χ4n) is 3.50. The molecule has 1 heterocycles. The van der Waals surface area contributed by atoms with Crippen molar-refractivity contribution in [3.05, 3.63) is 58.1 Å². The molecule has 6 heteroatoms. The molecule has 3 rings (SSSR count). The zero-order chi connectivity index (χ0) is 20.4. The molecule has 3 aromatic rings. The normalized spacial score (nSPS) is 11.0. The van der Waals surface area contributed by atoms with Crippen molar-refractivity contribution in [2.45, 2.75) is 34.1 Å². The highest BCUT2D eigenvalue weighted by molar-refractivity contribution is 7.22. The van der Waals surface area contributed by atoms with Crippen molar-refractivity contribution in [1.82, 2.24) is 9.88 Å². The van der Waals surface area contributed by atoms with Crippen LogP contribution in [0.5, 0.6) is 0 Å². The van der Waals surface area contributed by atoms with Gasteiger partial charge in [-0.05, 0) is 76.2 Å². The van der Waals surface area contributed by atoms with E-state index in [4.69, 9.17) is 4.98 Å². The molecule has 0 spiro atoms. The van der Waals surface area contributed by atoms with Crippen LogP contribution in [-0.4, -0.2) is 43.0 Å². The van der Waals surface area contributed by atoms with Crippen LogP contribution in [0.15, 0.2) is 30.3 Å². The van der Waals surface area contributed by atoms with Crippen LogP contribution in [0.4, 0.5) is 5.13 Å². The number of thiazole rings is 1. The molecule has 29 heavy (non-hydrogen) atoms. The molecule has 4 nitrogen and oxygen atoms in total. The lowest BCUT2D eigenvalue weighted by Gasteiger charge is -2.23. The fraction of sp³-hybridized carbons (Fsp3) is 0.391. The quantitative estimate of drug-likeness (QED) is 0.545. The van der Waals surface area contributed by atoms with Gasteiger partial charge in [-0.15, -0.1) is 12.4 Å². The summed E-state index contributed by atoms with van der Waals surface area (Å²) in [6, 6.07) is 10.5. The summed E-state index contributed by atoms with van der Waals surface area (Å²) < 4.78 is 1.13. The molecule has 0 aliphatic heterocycles. The highest BCUT2D eigenvalue weighted by Gasteiger charge is 2.21. The minimum Gasteiger partial charge on any atom is -0.308 e. The van der Waals surface area contributed by atoms with E-state index in [1.165, 1.54) is 22.3 Å². The smallest absolute Gasteiger partial charge is 0.233 e. The van der Waals surface area contributed by atoms with Gasteiger partial charge in [-0.25, -0.2) is 4.98 Å². The van der Waals surface area contributed by atoms with Gasteiger partial charge in [0.05, 0.1) is 16.6 Å². The Hall–Kier alpha value is -1.95. The summed E-state index contributed by atoms with van der Waals surface area (Å²) in [4.78, 5) is 22.0. The Morgan fingerprint density at radius 3 is 2.24 bits per heavy atom. The fourth-order valence-corrected chi connectivity index (χ4v) is 4.60. The predicted octanol–water partition coefficient (Wildman–Crippen LogP) is 5.09. The SMILES string of the molecule is Cc1cc(C)c(CC(=O)N(CCN(C)C)c2nc3ccc(C)cc3s2)c(C)c1.Cl. The Morgan fingerprint density at radius 1 is 0.966 bits per heavy atom. The zero-order valence-electron chi connectivity index (χ0n) is 18.1. The van der Waals surface area contributed by atoms with Gasteiger partial charge < -0.3 is 4.90 Å². The number of amides is 1. The van der Waals surface area contributed by atoms with Crippen LogP contribution in [-0.2, 0) is 11.2 Å². The van der Waals surface area contributed by atoms with Crippen molar-refractivity contribution in [2.24, 2.45) is 0 Å². The molecule has 0 saturated carbocycles. The number of nitrogens with zero attached hydrogens (tertiary/aromatic N) is 3. The number of benzene rings is 2. The summed E-state index contributed by atoms with van der Waals surface area (Å²) in [7, 11) is 4.05. The molecule has 0 radical (unpaired) electrons. The maximum atomic E-state index is 13.3. The third kappa shape index (κ3) is 5.56. The summed E-state index contributed by atoms with van der Waals surface area (Å²) in [6.45, 7) is 9.79. The predicted molar refractivity (Wildman–Crippen MR) is 127 cm³/mol. The van der Waals surface area contributed by atoms with Crippen molar-refractivity contribution < 1.29 is 4.79 Å². The molecule has 0 N–H and O–H groups in total. The number of carbonyl (C=O) groups is 1. The largest absolute Gasteiger partial charge is 0.308 e. The first-order valence-corrected chi connectivity index (χ1v) is 10.5. The number of likely N-dealkylation sites (N-methyl/N-ethyl adjacent to an activating group) is 1. The zero-order valence-corrected chi connectivity index (χ0v) is 19.7. The average molecular weight is 432 g/mol. The second-order valence-corrected chi connectivity index (χ2v) is 8.88. The molecular formula is C23H30ClN3OS. The van der Waals surface area contributed by atoms with Gasteiger partial charge >= 0.3 is 0 Å². The Labute approximate surface area is 184 Å². The molecule has 0 saturated heterocycles. The van der Waals surface area contributed by atoms with Crippen molar-refractivity contribution in [2.75, 3.05) is 32.1 Å². The van der Waals surface area contributed by atoms with Crippen LogP contribution in [0, 0.1) is 27.7 Å². The lowest BCUT2D eigenvalue weighted by atomic mass is 9.97. The van der Waals surface area contributed by atoms with Gasteiger partial charge in [0.15, 0.2) is 5.13 Å².